The predicted octanol–water partition coefficient (Wildman–Crippen LogP) is 3.60. The number of halogens is 3. The third-order valence-electron chi connectivity index (χ3n) is 4.98. The number of rotatable bonds is 3. The predicted molar refractivity (Wildman–Crippen MR) is 95.5 cm³/mol. The van der Waals surface area contributed by atoms with Crippen LogP contribution in [-0.4, -0.2) is 43.9 Å². The summed E-state index contributed by atoms with van der Waals surface area (Å²) < 4.78 is 44.6. The van der Waals surface area contributed by atoms with Crippen LogP contribution in [0.5, 0.6) is 0 Å². The van der Waals surface area contributed by atoms with Gasteiger partial charge in [0.15, 0.2) is 0 Å². The molecule has 0 radical (unpaired) electrons. The van der Waals surface area contributed by atoms with Crippen molar-refractivity contribution in [1.29, 1.82) is 0 Å². The SMILES string of the molecule is Cc1c(C(=O)N2CCCC(c3nnc(C(F)(F)F)o3)C2)cnn1-c1ccccc1. The summed E-state index contributed by atoms with van der Waals surface area (Å²) in [6.45, 7) is 2.53. The number of likely N-dealkylation sites (tertiary alicyclic amines) is 1. The normalized spacial score (nSPS) is 17.5. The molecule has 0 aliphatic carbocycles. The Morgan fingerprint density at radius 1 is 1.21 bits per heavy atom. The molecule has 3 aromatic rings. The molecule has 3 heterocycles. The van der Waals surface area contributed by atoms with E-state index < -0.39 is 18.0 Å². The Kier molecular flexibility index (Phi) is 4.85. The van der Waals surface area contributed by atoms with Crippen LogP contribution in [0.4, 0.5) is 13.2 Å². The molecule has 1 atom stereocenters. The van der Waals surface area contributed by atoms with E-state index in [2.05, 4.69) is 15.3 Å². The molecule has 0 spiro atoms. The molecule has 29 heavy (non-hydrogen) atoms. The minimum atomic E-state index is -4.68. The van der Waals surface area contributed by atoms with Gasteiger partial charge in [0.05, 0.1) is 29.1 Å². The first-order chi connectivity index (χ1) is 13.8. The maximum absolute atomic E-state index is 13.0. The lowest BCUT2D eigenvalue weighted by atomic mass is 9.97. The highest BCUT2D eigenvalue weighted by atomic mass is 19.4. The van der Waals surface area contributed by atoms with Crippen LogP contribution in [0.25, 0.3) is 5.69 Å². The first-order valence-corrected chi connectivity index (χ1v) is 9.14. The van der Waals surface area contributed by atoms with E-state index in [4.69, 9.17) is 4.42 Å². The molecule has 0 bridgehead atoms. The second-order valence-corrected chi connectivity index (χ2v) is 6.92. The molecule has 7 nitrogen and oxygen atoms in total. The highest BCUT2D eigenvalue weighted by molar-refractivity contribution is 5.95. The van der Waals surface area contributed by atoms with Crippen LogP contribution in [0.2, 0.25) is 0 Å². The third-order valence-corrected chi connectivity index (χ3v) is 4.98. The topological polar surface area (TPSA) is 77.1 Å². The van der Waals surface area contributed by atoms with Crippen molar-refractivity contribution >= 4 is 5.91 Å². The molecule has 1 fully saturated rings. The molecule has 152 valence electrons. The summed E-state index contributed by atoms with van der Waals surface area (Å²) in [6.07, 6.45) is -1.96. The van der Waals surface area contributed by atoms with E-state index in [1.165, 1.54) is 6.20 Å². The molecular weight excluding hydrogens is 387 g/mol. The molecular formula is C19H18F3N5O2. The highest BCUT2D eigenvalue weighted by Gasteiger charge is 2.39. The zero-order chi connectivity index (χ0) is 20.6. The summed E-state index contributed by atoms with van der Waals surface area (Å²) >= 11 is 0. The number of alkyl halides is 3. The van der Waals surface area contributed by atoms with E-state index >= 15 is 0 Å². The van der Waals surface area contributed by atoms with Crippen LogP contribution in [-0.2, 0) is 6.18 Å². The molecule has 1 aromatic carbocycles. The summed E-state index contributed by atoms with van der Waals surface area (Å²) in [6, 6.07) is 9.43. The fourth-order valence-electron chi connectivity index (χ4n) is 3.50. The van der Waals surface area contributed by atoms with Crippen molar-refractivity contribution < 1.29 is 22.4 Å². The molecule has 0 saturated carbocycles. The van der Waals surface area contributed by atoms with Crippen molar-refractivity contribution in [3.8, 4) is 5.69 Å². The molecule has 4 rings (SSSR count). The van der Waals surface area contributed by atoms with E-state index in [1.807, 2.05) is 37.3 Å². The number of nitrogens with zero attached hydrogens (tertiary/aromatic N) is 5. The minimum Gasteiger partial charge on any atom is -0.417 e. The second-order valence-electron chi connectivity index (χ2n) is 6.92. The zero-order valence-corrected chi connectivity index (χ0v) is 15.6. The number of piperidine rings is 1. The number of benzene rings is 1. The van der Waals surface area contributed by atoms with Crippen LogP contribution in [0.15, 0.2) is 40.9 Å². The van der Waals surface area contributed by atoms with Crippen molar-refractivity contribution in [3.63, 3.8) is 0 Å². The smallest absolute Gasteiger partial charge is 0.417 e. The molecule has 1 aliphatic heterocycles. The van der Waals surface area contributed by atoms with Gasteiger partial charge < -0.3 is 9.32 Å². The van der Waals surface area contributed by atoms with Crippen molar-refractivity contribution in [2.75, 3.05) is 13.1 Å². The fraction of sp³-hybridized carbons (Fsp3) is 0.368. The van der Waals surface area contributed by atoms with E-state index in [9.17, 15) is 18.0 Å². The summed E-state index contributed by atoms with van der Waals surface area (Å²) in [5.74, 6) is -2.10. The Balaban J connectivity index is 1.52. The summed E-state index contributed by atoms with van der Waals surface area (Å²) in [5, 5.41) is 10.9. The number of carbonyl (C=O) groups is 1. The van der Waals surface area contributed by atoms with Crippen LogP contribution >= 0.6 is 0 Å². The van der Waals surface area contributed by atoms with Gasteiger partial charge >= 0.3 is 12.1 Å². The second kappa shape index (κ2) is 7.34. The quantitative estimate of drug-likeness (QED) is 0.665. The Morgan fingerprint density at radius 3 is 2.66 bits per heavy atom. The molecule has 1 amide bonds. The van der Waals surface area contributed by atoms with Gasteiger partial charge in [-0.2, -0.15) is 18.3 Å². The summed E-state index contributed by atoms with van der Waals surface area (Å²) in [7, 11) is 0. The lowest BCUT2D eigenvalue weighted by Gasteiger charge is -2.31. The fourth-order valence-corrected chi connectivity index (χ4v) is 3.50. The molecule has 1 unspecified atom stereocenters. The number of aromatic nitrogens is 4. The van der Waals surface area contributed by atoms with Gasteiger partial charge in [0.2, 0.25) is 5.89 Å². The number of para-hydroxylation sites is 1. The zero-order valence-electron chi connectivity index (χ0n) is 15.6. The first-order valence-electron chi connectivity index (χ1n) is 9.14. The number of hydrogen-bond acceptors (Lipinski definition) is 5. The number of hydrogen-bond donors (Lipinski definition) is 0. The maximum atomic E-state index is 13.0. The highest BCUT2D eigenvalue weighted by Crippen LogP contribution is 2.32. The lowest BCUT2D eigenvalue weighted by molar-refractivity contribution is -0.157. The van der Waals surface area contributed by atoms with E-state index in [-0.39, 0.29) is 18.3 Å². The standard InChI is InChI=1S/C19H18F3N5O2/c1-12-15(10-23-27(12)14-7-3-2-4-8-14)17(28)26-9-5-6-13(11-26)16-24-25-18(29-16)19(20,21)22/h2-4,7-8,10,13H,5-6,9,11H2,1H3. The van der Waals surface area contributed by atoms with Crippen molar-refractivity contribution in [2.45, 2.75) is 31.9 Å². The van der Waals surface area contributed by atoms with Crippen molar-refractivity contribution in [2.24, 2.45) is 0 Å². The average molecular weight is 405 g/mol. The van der Waals surface area contributed by atoms with Gasteiger partial charge in [-0.15, -0.1) is 10.2 Å². The maximum Gasteiger partial charge on any atom is 0.470 e. The van der Waals surface area contributed by atoms with Gasteiger partial charge in [-0.3, -0.25) is 4.79 Å². The van der Waals surface area contributed by atoms with E-state index in [0.29, 0.717) is 30.6 Å². The van der Waals surface area contributed by atoms with Crippen molar-refractivity contribution in [1.82, 2.24) is 24.9 Å². The van der Waals surface area contributed by atoms with Gasteiger partial charge in [0, 0.05) is 13.1 Å². The lowest BCUT2D eigenvalue weighted by Crippen LogP contribution is -2.39. The number of amides is 1. The van der Waals surface area contributed by atoms with Gasteiger partial charge in [0.1, 0.15) is 0 Å². The van der Waals surface area contributed by atoms with Crippen LogP contribution in [0.3, 0.4) is 0 Å². The van der Waals surface area contributed by atoms with Gasteiger partial charge in [0.25, 0.3) is 5.91 Å². The molecule has 1 saturated heterocycles. The molecule has 0 N–H and O–H groups in total. The Bertz CT molecular complexity index is 1010. The minimum absolute atomic E-state index is 0.0912. The van der Waals surface area contributed by atoms with Crippen molar-refractivity contribution in [3.05, 3.63) is 59.6 Å². The monoisotopic (exact) mass is 405 g/mol. The molecule has 2 aromatic heterocycles. The van der Waals surface area contributed by atoms with Crippen LogP contribution in [0.1, 0.15) is 46.6 Å². The Labute approximate surface area is 164 Å². The van der Waals surface area contributed by atoms with Gasteiger partial charge in [-0.1, -0.05) is 18.2 Å². The Hall–Kier alpha value is -3.17. The van der Waals surface area contributed by atoms with Crippen LogP contribution in [0, 0.1) is 6.92 Å². The first kappa shape index (κ1) is 19.2. The number of carbonyl (C=O) groups excluding carboxylic acids is 1. The van der Waals surface area contributed by atoms with E-state index in [0.717, 1.165) is 5.69 Å². The van der Waals surface area contributed by atoms with Gasteiger partial charge in [-0.25, -0.2) is 4.68 Å². The Morgan fingerprint density at radius 2 is 1.97 bits per heavy atom. The largest absolute Gasteiger partial charge is 0.470 e. The molecule has 1 aliphatic rings. The average Bonchev–Trinajstić information content (AvgIpc) is 3.35. The third kappa shape index (κ3) is 3.74. The summed E-state index contributed by atoms with van der Waals surface area (Å²) in [5.41, 5.74) is 1.99. The summed E-state index contributed by atoms with van der Waals surface area (Å²) in [4.78, 5) is 14.6. The van der Waals surface area contributed by atoms with Gasteiger partial charge in [-0.05, 0) is 31.9 Å². The molecule has 10 heteroatoms. The van der Waals surface area contributed by atoms with E-state index in [1.54, 1.807) is 9.58 Å². The van der Waals surface area contributed by atoms with Crippen LogP contribution < -0.4 is 0 Å².